The number of rotatable bonds is 0. The first kappa shape index (κ1) is 303. The van der Waals surface area contributed by atoms with Crippen LogP contribution in [0.15, 0.2) is 0 Å². The molecule has 0 radical (unpaired) electrons. The Hall–Kier alpha value is 6.11. The Morgan fingerprint density at radius 3 is 0.118 bits per heavy atom. The van der Waals surface area contributed by atoms with Gasteiger partial charge in [0, 0.05) is 195 Å². The maximum atomic E-state index is 0. The van der Waals surface area contributed by atoms with Crippen molar-refractivity contribution in [3.05, 3.63) is 0 Å². The van der Waals surface area contributed by atoms with Crippen molar-refractivity contribution >= 4 is 0 Å². The van der Waals surface area contributed by atoms with E-state index in [-0.39, 0.29) is 239 Å². The zero-order valence-corrected chi connectivity index (χ0v) is 22.6. The van der Waals surface area contributed by atoms with E-state index in [9.17, 15) is 0 Å². The van der Waals surface area contributed by atoms with Gasteiger partial charge >= 0.3 is 0 Å². The van der Waals surface area contributed by atoms with Crippen LogP contribution in [0.2, 0.25) is 0 Å². The van der Waals surface area contributed by atoms with Gasteiger partial charge in [0.05, 0.1) is 0 Å². The molecule has 8 nitrogen and oxygen atoms in total. The van der Waals surface area contributed by atoms with Gasteiger partial charge in [0.2, 0.25) is 0 Å². The zero-order chi connectivity index (χ0) is 0. The van der Waals surface area contributed by atoms with Crippen molar-refractivity contribution in [2.45, 2.75) is 0 Å². The van der Waals surface area contributed by atoms with Crippen LogP contribution in [0.5, 0.6) is 0 Å². The molecule has 0 spiro atoms. The summed E-state index contributed by atoms with van der Waals surface area (Å²) in [5.74, 6) is 0. The van der Waals surface area contributed by atoms with E-state index >= 15 is 0 Å². The van der Waals surface area contributed by atoms with Crippen LogP contribution < -0.4 is 0 Å². The summed E-state index contributed by atoms with van der Waals surface area (Å²) < 4.78 is 0. The van der Waals surface area contributed by atoms with Gasteiger partial charge in [-0.3, -0.25) is 0 Å². The average molecular weight is 575 g/mol. The van der Waals surface area contributed by atoms with Crippen molar-refractivity contribution < 1.29 is 239 Å². The SMILES string of the molecule is O.O.O.O.O.O.O.O.[Ti].[Ti].[Ti].[Ti].[Ti].[Ti].[Ti].[Ti].[Ti]. The molecule has 0 aromatic heterocycles. The molecule has 16 N–H and O–H groups in total. The minimum atomic E-state index is 0. The van der Waals surface area contributed by atoms with E-state index in [4.69, 9.17) is 0 Å². The third kappa shape index (κ3) is 240. The third-order valence-electron chi connectivity index (χ3n) is 0. The normalized spacial score (nSPS) is 0. The van der Waals surface area contributed by atoms with Crippen LogP contribution in [0.25, 0.3) is 0 Å². The van der Waals surface area contributed by atoms with Crippen LogP contribution in [0.1, 0.15) is 0 Å². The molecule has 0 aliphatic carbocycles. The Kier molecular flexibility index (Phi) is 4700. The van der Waals surface area contributed by atoms with E-state index in [1.165, 1.54) is 0 Å². The number of hydrogen-bond donors (Lipinski definition) is 0. The van der Waals surface area contributed by atoms with Crippen molar-refractivity contribution in [3.63, 3.8) is 0 Å². The van der Waals surface area contributed by atoms with Crippen LogP contribution >= 0.6 is 0 Å². The largest absolute Gasteiger partial charge is 0.412 e. The van der Waals surface area contributed by atoms with E-state index in [0.29, 0.717) is 0 Å². The molecule has 0 aromatic carbocycles. The first-order valence-electron chi connectivity index (χ1n) is 0. The molecule has 0 atom stereocenters. The monoisotopic (exact) mass is 576 g/mol. The van der Waals surface area contributed by atoms with Crippen molar-refractivity contribution in [2.75, 3.05) is 0 Å². The molecule has 0 aliphatic heterocycles. The maximum Gasteiger partial charge on any atom is 0 e. The van der Waals surface area contributed by atoms with E-state index in [1.54, 1.807) is 0 Å². The fourth-order valence-electron chi connectivity index (χ4n) is 0. The first-order chi connectivity index (χ1) is 0. The summed E-state index contributed by atoms with van der Waals surface area (Å²) in [7, 11) is 0. The fraction of sp³-hybridized carbons (Fsp3) is 0. The summed E-state index contributed by atoms with van der Waals surface area (Å²) in [5.41, 5.74) is 0. The van der Waals surface area contributed by atoms with Gasteiger partial charge in [0.25, 0.3) is 0 Å². The van der Waals surface area contributed by atoms with E-state index < -0.39 is 0 Å². The van der Waals surface area contributed by atoms with E-state index in [2.05, 4.69) is 0 Å². The van der Waals surface area contributed by atoms with Gasteiger partial charge in [-0.2, -0.15) is 0 Å². The maximum absolute atomic E-state index is 0. The summed E-state index contributed by atoms with van der Waals surface area (Å²) in [6, 6.07) is 0. The van der Waals surface area contributed by atoms with Crippen LogP contribution in [0.3, 0.4) is 0 Å². The predicted octanol–water partition coefficient (Wildman–Crippen LogP) is -6.62. The van der Waals surface area contributed by atoms with Gasteiger partial charge < -0.3 is 43.8 Å². The minimum absolute atomic E-state index is 0. The van der Waals surface area contributed by atoms with Crippen molar-refractivity contribution in [3.8, 4) is 0 Å². The molecule has 0 heterocycles. The molecular formula is H16O8Ti9. The molecule has 0 fully saturated rings. The fourth-order valence-corrected chi connectivity index (χ4v) is 0. The van der Waals surface area contributed by atoms with Crippen LogP contribution in [-0.4, -0.2) is 43.8 Å². The molecule has 0 aliphatic rings. The van der Waals surface area contributed by atoms with E-state index in [0.717, 1.165) is 0 Å². The molecule has 0 saturated heterocycles. The second-order valence-electron chi connectivity index (χ2n) is 0. The van der Waals surface area contributed by atoms with Crippen LogP contribution in [-0.2, 0) is 195 Å². The Labute approximate surface area is 234 Å². The van der Waals surface area contributed by atoms with Gasteiger partial charge in [0.15, 0.2) is 0 Å². The van der Waals surface area contributed by atoms with Gasteiger partial charge in [0.1, 0.15) is 0 Å². The molecule has 0 unspecified atom stereocenters. The van der Waals surface area contributed by atoms with Crippen LogP contribution in [0.4, 0.5) is 0 Å². The summed E-state index contributed by atoms with van der Waals surface area (Å²) >= 11 is 0. The molecule has 17 heteroatoms. The van der Waals surface area contributed by atoms with Crippen molar-refractivity contribution in [1.29, 1.82) is 0 Å². The standard InChI is InChI=1S/8H2O.9Ti/h8*1H2;;;;;;;;;. The molecule has 0 aromatic rings. The second kappa shape index (κ2) is 264. The quantitative estimate of drug-likeness (QED) is 0.245. The van der Waals surface area contributed by atoms with Gasteiger partial charge in [-0.05, 0) is 0 Å². The molecule has 0 rings (SSSR count). The van der Waals surface area contributed by atoms with Crippen molar-refractivity contribution in [1.82, 2.24) is 0 Å². The van der Waals surface area contributed by atoms with Crippen LogP contribution in [0, 0.1) is 0 Å². The summed E-state index contributed by atoms with van der Waals surface area (Å²) in [6.07, 6.45) is 0. The van der Waals surface area contributed by atoms with Gasteiger partial charge in [-0.25, -0.2) is 0 Å². The molecule has 100 valence electrons. The Morgan fingerprint density at radius 2 is 0.118 bits per heavy atom. The molecular weight excluding hydrogens is 559 g/mol. The summed E-state index contributed by atoms with van der Waals surface area (Å²) in [5, 5.41) is 0. The Balaban J connectivity index is 0. The van der Waals surface area contributed by atoms with E-state index in [1.807, 2.05) is 0 Å². The second-order valence-corrected chi connectivity index (χ2v) is 0. The Morgan fingerprint density at radius 1 is 0.118 bits per heavy atom. The van der Waals surface area contributed by atoms with Crippen molar-refractivity contribution in [2.24, 2.45) is 0 Å². The molecule has 17 heavy (non-hydrogen) atoms. The molecule has 0 amide bonds. The molecule has 0 saturated carbocycles. The predicted molar refractivity (Wildman–Crippen MR) is 28.9 cm³/mol. The number of hydrogen-bond acceptors (Lipinski definition) is 0. The third-order valence-corrected chi connectivity index (χ3v) is 0. The minimum Gasteiger partial charge on any atom is -0.412 e. The zero-order valence-electron chi connectivity index (χ0n) is 8.50. The summed E-state index contributed by atoms with van der Waals surface area (Å²) in [6.45, 7) is 0. The topological polar surface area (TPSA) is 252 Å². The van der Waals surface area contributed by atoms with Gasteiger partial charge in [-0.1, -0.05) is 0 Å². The smallest absolute Gasteiger partial charge is 0 e. The molecule has 0 bridgehead atoms. The first-order valence-corrected chi connectivity index (χ1v) is 0. The summed E-state index contributed by atoms with van der Waals surface area (Å²) in [4.78, 5) is 0. The Bertz CT molecular complexity index is 17.0. The average Bonchev–Trinajstić information content (AvgIpc) is 0. The van der Waals surface area contributed by atoms with Gasteiger partial charge in [-0.15, -0.1) is 0 Å².